The van der Waals surface area contributed by atoms with Crippen molar-refractivity contribution in [2.24, 2.45) is 5.73 Å². The van der Waals surface area contributed by atoms with Crippen LogP contribution in [-0.4, -0.2) is 11.8 Å². The van der Waals surface area contributed by atoms with E-state index in [9.17, 15) is 35.9 Å². The number of nitrogens with zero attached hydrogens (tertiary/aromatic N) is 1. The Balaban J connectivity index is 2.46. The largest absolute Gasteiger partial charge is 0.416 e. The van der Waals surface area contributed by atoms with Gasteiger partial charge in [0.05, 0.1) is 11.1 Å². The van der Waals surface area contributed by atoms with E-state index in [0.29, 0.717) is 24.3 Å². The molecule has 0 aliphatic carbocycles. The fraction of sp³-hybridized carbons (Fsp3) is 0.176. The summed E-state index contributed by atoms with van der Waals surface area (Å²) in [7, 11) is 0. The Bertz CT molecular complexity index is 769. The molecule has 0 aliphatic rings. The lowest BCUT2D eigenvalue weighted by atomic mass is 10.1. The van der Waals surface area contributed by atoms with Gasteiger partial charge in [-0.25, -0.2) is 0 Å². The molecule has 10 heteroatoms. The Morgan fingerprint density at radius 2 is 1.07 bits per heavy atom. The van der Waals surface area contributed by atoms with Gasteiger partial charge < -0.3 is 5.73 Å². The molecule has 2 aromatic rings. The average molecular weight is 390 g/mol. The molecule has 0 heterocycles. The summed E-state index contributed by atoms with van der Waals surface area (Å²) >= 11 is 0. The molecule has 0 radical (unpaired) electrons. The molecule has 0 unspecified atom stereocenters. The smallest absolute Gasteiger partial charge is 0.369 e. The zero-order chi connectivity index (χ0) is 20.4. The number of hydrogen-bond acceptors (Lipinski definition) is 2. The zero-order valence-corrected chi connectivity index (χ0v) is 13.4. The number of alkyl halides is 6. The van der Waals surface area contributed by atoms with Gasteiger partial charge in [-0.05, 0) is 48.5 Å². The monoisotopic (exact) mass is 390 g/mol. The van der Waals surface area contributed by atoms with Crippen LogP contribution in [0.25, 0.3) is 0 Å². The number of rotatable bonds is 4. The van der Waals surface area contributed by atoms with E-state index in [1.54, 1.807) is 0 Å². The highest BCUT2D eigenvalue weighted by atomic mass is 19.4. The Morgan fingerprint density at radius 3 is 1.33 bits per heavy atom. The summed E-state index contributed by atoms with van der Waals surface area (Å²) in [5, 5.41) is 0. The normalized spacial score (nSPS) is 11.9. The minimum Gasteiger partial charge on any atom is -0.369 e. The molecule has 0 saturated heterocycles. The lowest BCUT2D eigenvalue weighted by molar-refractivity contribution is -0.138. The van der Waals surface area contributed by atoms with Crippen molar-refractivity contribution in [2.45, 2.75) is 18.8 Å². The van der Waals surface area contributed by atoms with Gasteiger partial charge in [-0.2, -0.15) is 26.3 Å². The maximum Gasteiger partial charge on any atom is 0.416 e. The van der Waals surface area contributed by atoms with Crippen LogP contribution in [0, 0.1) is 0 Å². The van der Waals surface area contributed by atoms with Crippen molar-refractivity contribution in [1.29, 1.82) is 0 Å². The first kappa shape index (κ1) is 20.3. The molecular formula is C17H12F6N2O2. The summed E-state index contributed by atoms with van der Waals surface area (Å²) in [6, 6.07) is 6.74. The molecule has 0 atom stereocenters. The number of amides is 2. The van der Waals surface area contributed by atoms with Gasteiger partial charge >= 0.3 is 12.4 Å². The Labute approximate surface area is 149 Å². The molecule has 0 spiro atoms. The number of carbonyl (C=O) groups is 2. The van der Waals surface area contributed by atoms with Gasteiger partial charge in [-0.3, -0.25) is 14.5 Å². The van der Waals surface area contributed by atoms with Gasteiger partial charge in [0.1, 0.15) is 6.42 Å². The standard InChI is InChI=1S/C17H12F6N2O2/c18-16(19,20)10-1-5-12(6-2-10)25(15(27)9-14(24)26)13-7-3-11(4-8-13)17(21,22)23/h1-8H,9H2,(H2,24,26). The molecule has 144 valence electrons. The molecule has 2 amide bonds. The Kier molecular flexibility index (Phi) is 5.48. The molecule has 2 aromatic carbocycles. The summed E-state index contributed by atoms with van der Waals surface area (Å²) in [6.07, 6.45) is -9.98. The predicted octanol–water partition coefficient (Wildman–Crippen LogP) is 4.26. The van der Waals surface area contributed by atoms with Crippen LogP contribution >= 0.6 is 0 Å². The van der Waals surface area contributed by atoms with Crippen LogP contribution in [0.15, 0.2) is 48.5 Å². The van der Waals surface area contributed by atoms with Crippen LogP contribution in [-0.2, 0) is 21.9 Å². The lowest BCUT2D eigenvalue weighted by Crippen LogP contribution is -2.30. The molecule has 0 saturated carbocycles. The van der Waals surface area contributed by atoms with Crippen LogP contribution in [0.3, 0.4) is 0 Å². The van der Waals surface area contributed by atoms with Crippen LogP contribution in [0.4, 0.5) is 37.7 Å². The maximum absolute atomic E-state index is 12.7. The number of halogens is 6. The van der Waals surface area contributed by atoms with Gasteiger partial charge in [-0.15, -0.1) is 0 Å². The molecule has 2 N–H and O–H groups in total. The van der Waals surface area contributed by atoms with Gasteiger partial charge in [0.25, 0.3) is 0 Å². The topological polar surface area (TPSA) is 63.4 Å². The van der Waals surface area contributed by atoms with Crippen molar-refractivity contribution in [2.75, 3.05) is 4.90 Å². The number of carbonyl (C=O) groups excluding carboxylic acids is 2. The molecule has 0 bridgehead atoms. The molecular weight excluding hydrogens is 378 g/mol. The Morgan fingerprint density at radius 1 is 0.741 bits per heavy atom. The minimum absolute atomic E-state index is 0.0611. The van der Waals surface area contributed by atoms with E-state index in [1.165, 1.54) is 0 Å². The predicted molar refractivity (Wildman–Crippen MR) is 83.8 cm³/mol. The van der Waals surface area contributed by atoms with Crippen LogP contribution in [0.5, 0.6) is 0 Å². The summed E-state index contributed by atoms with van der Waals surface area (Å²) in [5.74, 6) is -1.90. The van der Waals surface area contributed by atoms with Crippen molar-refractivity contribution in [3.8, 4) is 0 Å². The molecule has 0 aromatic heterocycles. The Hall–Kier alpha value is -3.04. The number of nitrogens with two attached hydrogens (primary N) is 1. The van der Waals surface area contributed by atoms with Crippen molar-refractivity contribution < 1.29 is 35.9 Å². The number of primary amides is 1. The first-order chi connectivity index (χ1) is 12.4. The summed E-state index contributed by atoms with van der Waals surface area (Å²) in [5.41, 5.74) is 2.90. The lowest BCUT2D eigenvalue weighted by Gasteiger charge is -2.23. The van der Waals surface area contributed by atoms with E-state index >= 15 is 0 Å². The summed E-state index contributed by atoms with van der Waals surface area (Å²) in [6.45, 7) is 0. The highest BCUT2D eigenvalue weighted by Crippen LogP contribution is 2.34. The van der Waals surface area contributed by atoms with Crippen LogP contribution in [0.1, 0.15) is 17.5 Å². The highest BCUT2D eigenvalue weighted by molar-refractivity contribution is 6.08. The number of anilines is 2. The van der Waals surface area contributed by atoms with E-state index in [2.05, 4.69) is 0 Å². The van der Waals surface area contributed by atoms with Crippen molar-refractivity contribution in [1.82, 2.24) is 0 Å². The third kappa shape index (κ3) is 4.99. The SMILES string of the molecule is NC(=O)CC(=O)N(c1ccc(C(F)(F)F)cc1)c1ccc(C(F)(F)F)cc1. The van der Waals surface area contributed by atoms with E-state index in [-0.39, 0.29) is 11.4 Å². The van der Waals surface area contributed by atoms with E-state index < -0.39 is 41.7 Å². The fourth-order valence-corrected chi connectivity index (χ4v) is 2.26. The molecule has 2 rings (SSSR count). The van der Waals surface area contributed by atoms with Crippen molar-refractivity contribution >= 4 is 23.2 Å². The van der Waals surface area contributed by atoms with Gasteiger partial charge in [-0.1, -0.05) is 0 Å². The fourth-order valence-electron chi connectivity index (χ4n) is 2.26. The van der Waals surface area contributed by atoms with Crippen LogP contribution in [0.2, 0.25) is 0 Å². The van der Waals surface area contributed by atoms with E-state index in [4.69, 9.17) is 5.73 Å². The quantitative estimate of drug-likeness (QED) is 0.626. The van der Waals surface area contributed by atoms with Gasteiger partial charge in [0.2, 0.25) is 11.8 Å². The number of benzene rings is 2. The second-order valence-corrected chi connectivity index (χ2v) is 5.46. The maximum atomic E-state index is 12.7. The van der Waals surface area contributed by atoms with Gasteiger partial charge in [0.15, 0.2) is 0 Å². The number of hydrogen-bond donors (Lipinski definition) is 1. The third-order valence-electron chi connectivity index (χ3n) is 3.48. The third-order valence-corrected chi connectivity index (χ3v) is 3.48. The second-order valence-electron chi connectivity index (χ2n) is 5.46. The summed E-state index contributed by atoms with van der Waals surface area (Å²) < 4.78 is 76.1. The van der Waals surface area contributed by atoms with Gasteiger partial charge in [0, 0.05) is 11.4 Å². The molecule has 0 fully saturated rings. The first-order valence-corrected chi connectivity index (χ1v) is 7.35. The average Bonchev–Trinajstić information content (AvgIpc) is 2.53. The molecule has 4 nitrogen and oxygen atoms in total. The van der Waals surface area contributed by atoms with E-state index in [0.717, 1.165) is 29.2 Å². The molecule has 0 aliphatic heterocycles. The van der Waals surface area contributed by atoms with Crippen molar-refractivity contribution in [3.63, 3.8) is 0 Å². The zero-order valence-electron chi connectivity index (χ0n) is 13.4. The molecule has 27 heavy (non-hydrogen) atoms. The van der Waals surface area contributed by atoms with Crippen LogP contribution < -0.4 is 10.6 Å². The van der Waals surface area contributed by atoms with E-state index in [1.807, 2.05) is 0 Å². The summed E-state index contributed by atoms with van der Waals surface area (Å²) in [4.78, 5) is 24.1. The first-order valence-electron chi connectivity index (χ1n) is 7.35. The minimum atomic E-state index is -4.60. The van der Waals surface area contributed by atoms with Crippen molar-refractivity contribution in [3.05, 3.63) is 59.7 Å². The highest BCUT2D eigenvalue weighted by Gasteiger charge is 2.32. The second kappa shape index (κ2) is 7.29.